The highest BCUT2D eigenvalue weighted by Crippen LogP contribution is 2.37. The highest BCUT2D eigenvalue weighted by Gasteiger charge is 2.26. The Hall–Kier alpha value is -2.63. The standard InChI is InChI=1S/C23H23ClFN3O/c1-27(2)16-10-11-28(14-16)22-13-15(23-18(24)7-5-8-19(23)25)12-20(26-22)17-6-3-4-9-21(17)29/h3-9,12-13,16,29H,10-11,14H2,1-2H3. The molecule has 4 rings (SSSR count). The second kappa shape index (κ2) is 8.01. The number of halogens is 2. The second-order valence-electron chi connectivity index (χ2n) is 7.57. The number of pyridine rings is 1. The van der Waals surface area contributed by atoms with E-state index in [1.54, 1.807) is 36.4 Å². The maximum absolute atomic E-state index is 14.7. The van der Waals surface area contributed by atoms with E-state index in [2.05, 4.69) is 23.9 Å². The summed E-state index contributed by atoms with van der Waals surface area (Å²) in [6.07, 6.45) is 1.03. The zero-order valence-electron chi connectivity index (χ0n) is 16.4. The van der Waals surface area contributed by atoms with Crippen molar-refractivity contribution in [2.45, 2.75) is 12.5 Å². The molecule has 1 fully saturated rings. The second-order valence-corrected chi connectivity index (χ2v) is 7.97. The molecule has 1 aliphatic heterocycles. The van der Waals surface area contributed by atoms with Crippen molar-refractivity contribution in [1.29, 1.82) is 0 Å². The first-order chi connectivity index (χ1) is 13.9. The zero-order chi connectivity index (χ0) is 20.5. The van der Waals surface area contributed by atoms with Gasteiger partial charge in [-0.15, -0.1) is 0 Å². The highest BCUT2D eigenvalue weighted by molar-refractivity contribution is 6.33. The normalized spacial score (nSPS) is 16.6. The zero-order valence-corrected chi connectivity index (χ0v) is 17.2. The molecular formula is C23H23ClFN3O. The number of hydrogen-bond donors (Lipinski definition) is 1. The SMILES string of the molecule is CN(C)C1CCN(c2cc(-c3c(F)cccc3Cl)cc(-c3ccccc3O)n2)C1. The number of anilines is 1. The van der Waals surface area contributed by atoms with Crippen molar-refractivity contribution in [3.05, 3.63) is 65.4 Å². The molecule has 0 amide bonds. The Bertz CT molecular complexity index is 1020. The largest absolute Gasteiger partial charge is 0.507 e. The van der Waals surface area contributed by atoms with Crippen LogP contribution in [-0.2, 0) is 0 Å². The van der Waals surface area contributed by atoms with E-state index < -0.39 is 0 Å². The van der Waals surface area contributed by atoms with Crippen LogP contribution in [0.25, 0.3) is 22.4 Å². The lowest BCUT2D eigenvalue weighted by atomic mass is 10.0. The molecule has 0 saturated carbocycles. The van der Waals surface area contributed by atoms with Gasteiger partial charge in [-0.25, -0.2) is 9.37 Å². The van der Waals surface area contributed by atoms with Crippen LogP contribution in [0.5, 0.6) is 5.75 Å². The minimum absolute atomic E-state index is 0.135. The van der Waals surface area contributed by atoms with Gasteiger partial charge in [0.25, 0.3) is 0 Å². The lowest BCUT2D eigenvalue weighted by Crippen LogP contribution is -2.31. The van der Waals surface area contributed by atoms with Crippen LogP contribution in [0, 0.1) is 5.82 Å². The van der Waals surface area contributed by atoms with Crippen molar-refractivity contribution < 1.29 is 9.50 Å². The number of aromatic nitrogens is 1. The summed E-state index contributed by atoms with van der Waals surface area (Å²) in [5.41, 5.74) is 2.18. The van der Waals surface area contributed by atoms with E-state index in [0.29, 0.717) is 33.4 Å². The molecule has 1 aliphatic rings. The van der Waals surface area contributed by atoms with Crippen LogP contribution in [-0.4, -0.2) is 48.2 Å². The average Bonchev–Trinajstić information content (AvgIpc) is 3.19. The predicted molar refractivity (Wildman–Crippen MR) is 116 cm³/mol. The van der Waals surface area contributed by atoms with Gasteiger partial charge in [-0.05, 0) is 62.5 Å². The Morgan fingerprint density at radius 1 is 1.14 bits per heavy atom. The van der Waals surface area contributed by atoms with Crippen molar-refractivity contribution in [3.63, 3.8) is 0 Å². The first-order valence-electron chi connectivity index (χ1n) is 9.60. The number of aromatic hydroxyl groups is 1. The van der Waals surface area contributed by atoms with Gasteiger partial charge < -0.3 is 14.9 Å². The fraction of sp³-hybridized carbons (Fsp3) is 0.261. The Labute approximate surface area is 175 Å². The van der Waals surface area contributed by atoms with Crippen LogP contribution in [0.4, 0.5) is 10.2 Å². The van der Waals surface area contributed by atoms with Crippen molar-refractivity contribution in [2.75, 3.05) is 32.1 Å². The van der Waals surface area contributed by atoms with Gasteiger partial charge in [0.2, 0.25) is 0 Å². The maximum Gasteiger partial charge on any atom is 0.132 e. The van der Waals surface area contributed by atoms with Gasteiger partial charge in [-0.2, -0.15) is 0 Å². The quantitative estimate of drug-likeness (QED) is 0.651. The molecule has 1 atom stereocenters. The number of para-hydroxylation sites is 1. The van der Waals surface area contributed by atoms with E-state index in [0.717, 1.165) is 25.3 Å². The van der Waals surface area contributed by atoms with Gasteiger partial charge in [0.05, 0.1) is 10.7 Å². The van der Waals surface area contributed by atoms with E-state index in [-0.39, 0.29) is 11.6 Å². The van der Waals surface area contributed by atoms with Gasteiger partial charge in [-0.3, -0.25) is 0 Å². The molecule has 1 unspecified atom stereocenters. The van der Waals surface area contributed by atoms with Crippen LogP contribution >= 0.6 is 11.6 Å². The molecule has 150 valence electrons. The molecule has 2 heterocycles. The minimum Gasteiger partial charge on any atom is -0.507 e. The molecule has 4 nitrogen and oxygen atoms in total. The van der Waals surface area contributed by atoms with Gasteiger partial charge in [0, 0.05) is 30.3 Å². The van der Waals surface area contributed by atoms with Crippen molar-refractivity contribution >= 4 is 17.4 Å². The lowest BCUT2D eigenvalue weighted by Gasteiger charge is -2.22. The van der Waals surface area contributed by atoms with Gasteiger partial charge >= 0.3 is 0 Å². The lowest BCUT2D eigenvalue weighted by molar-refractivity contribution is 0.315. The topological polar surface area (TPSA) is 39.6 Å². The average molecular weight is 412 g/mol. The number of nitrogens with zero attached hydrogens (tertiary/aromatic N) is 3. The molecule has 29 heavy (non-hydrogen) atoms. The smallest absolute Gasteiger partial charge is 0.132 e. The van der Waals surface area contributed by atoms with Crippen LogP contribution in [0.1, 0.15) is 6.42 Å². The van der Waals surface area contributed by atoms with Gasteiger partial charge in [-0.1, -0.05) is 29.8 Å². The molecule has 1 saturated heterocycles. The Balaban J connectivity index is 1.86. The third kappa shape index (κ3) is 3.93. The van der Waals surface area contributed by atoms with E-state index in [1.807, 2.05) is 12.1 Å². The van der Waals surface area contributed by atoms with Crippen molar-refractivity contribution in [1.82, 2.24) is 9.88 Å². The van der Waals surface area contributed by atoms with E-state index in [1.165, 1.54) is 6.07 Å². The molecule has 0 radical (unpaired) electrons. The molecule has 1 N–H and O–H groups in total. The Morgan fingerprint density at radius 2 is 1.93 bits per heavy atom. The summed E-state index contributed by atoms with van der Waals surface area (Å²) in [5, 5.41) is 10.7. The molecule has 0 spiro atoms. The molecular weight excluding hydrogens is 389 g/mol. The first kappa shape index (κ1) is 19.7. The summed E-state index contributed by atoms with van der Waals surface area (Å²) in [6.45, 7) is 1.71. The van der Waals surface area contributed by atoms with Crippen molar-refractivity contribution in [2.24, 2.45) is 0 Å². The summed E-state index contributed by atoms with van der Waals surface area (Å²) < 4.78 is 14.7. The summed E-state index contributed by atoms with van der Waals surface area (Å²) in [4.78, 5) is 9.22. The molecule has 2 aromatic carbocycles. The van der Waals surface area contributed by atoms with E-state index in [9.17, 15) is 9.50 Å². The van der Waals surface area contributed by atoms with Crippen LogP contribution < -0.4 is 4.90 Å². The number of hydrogen-bond acceptors (Lipinski definition) is 4. The molecule has 0 bridgehead atoms. The van der Waals surface area contributed by atoms with E-state index in [4.69, 9.17) is 16.6 Å². The highest BCUT2D eigenvalue weighted by atomic mass is 35.5. The fourth-order valence-electron chi connectivity index (χ4n) is 3.80. The monoisotopic (exact) mass is 411 g/mol. The molecule has 1 aromatic heterocycles. The number of rotatable bonds is 4. The third-order valence-corrected chi connectivity index (χ3v) is 5.78. The summed E-state index contributed by atoms with van der Waals surface area (Å²) in [7, 11) is 4.15. The summed E-state index contributed by atoms with van der Waals surface area (Å²) >= 11 is 6.34. The number of likely N-dealkylation sites (N-methyl/N-ethyl adjacent to an activating group) is 1. The Kier molecular flexibility index (Phi) is 5.43. The first-order valence-corrected chi connectivity index (χ1v) is 9.98. The minimum atomic E-state index is -0.384. The molecule has 3 aromatic rings. The maximum atomic E-state index is 14.7. The van der Waals surface area contributed by atoms with Crippen LogP contribution in [0.2, 0.25) is 5.02 Å². The van der Waals surface area contributed by atoms with Crippen molar-refractivity contribution in [3.8, 4) is 28.1 Å². The van der Waals surface area contributed by atoms with Crippen LogP contribution in [0.15, 0.2) is 54.6 Å². The van der Waals surface area contributed by atoms with Crippen LogP contribution in [0.3, 0.4) is 0 Å². The summed E-state index contributed by atoms with van der Waals surface area (Å²) in [6, 6.07) is 15.8. The summed E-state index contributed by atoms with van der Waals surface area (Å²) in [5.74, 6) is 0.505. The number of phenols is 1. The number of phenolic OH excluding ortho intramolecular Hbond substituents is 1. The predicted octanol–water partition coefficient (Wildman–Crippen LogP) is 5.05. The molecule has 0 aliphatic carbocycles. The van der Waals surface area contributed by atoms with Gasteiger partial charge in [0.1, 0.15) is 17.4 Å². The van der Waals surface area contributed by atoms with Gasteiger partial charge in [0.15, 0.2) is 0 Å². The third-order valence-electron chi connectivity index (χ3n) is 5.46. The fourth-order valence-corrected chi connectivity index (χ4v) is 4.07. The van der Waals surface area contributed by atoms with E-state index >= 15 is 0 Å². The molecule has 6 heteroatoms. The Morgan fingerprint density at radius 3 is 2.62 bits per heavy atom. The number of benzene rings is 2.